The molecule has 0 aliphatic rings. The molecule has 0 fully saturated rings. The van der Waals surface area contributed by atoms with Crippen LogP contribution in [0.5, 0.6) is 34.5 Å². The molecule has 0 saturated heterocycles. The smallest absolute Gasteiger partial charge is 0.203 e. The summed E-state index contributed by atoms with van der Waals surface area (Å²) in [5.74, 6) is -4.76. The number of fused-ring (bicyclic) bond motifs is 1. The van der Waals surface area contributed by atoms with Crippen LogP contribution in [-0.2, 0) is 0 Å². The van der Waals surface area contributed by atoms with Gasteiger partial charge in [-0.05, 0) is 80.3 Å². The Morgan fingerprint density at radius 1 is 0.333 bits per heavy atom. The molecule has 8 aromatic rings. The Morgan fingerprint density at radius 2 is 0.741 bits per heavy atom. The summed E-state index contributed by atoms with van der Waals surface area (Å²) >= 11 is 0. The van der Waals surface area contributed by atoms with E-state index < -0.39 is 34.5 Å². The fourth-order valence-electron chi connectivity index (χ4n) is 7.13. The molecular formula is C46H34BNO6. The number of hydrogen-bond donors (Lipinski definition) is 6. The van der Waals surface area contributed by atoms with Gasteiger partial charge >= 0.3 is 0 Å². The molecule has 54 heavy (non-hydrogen) atoms. The number of phenols is 6. The van der Waals surface area contributed by atoms with E-state index in [0.29, 0.717) is 11.4 Å². The molecule has 0 atom stereocenters. The van der Waals surface area contributed by atoms with Crippen LogP contribution in [-0.4, -0.2) is 38.5 Å². The second-order valence-corrected chi connectivity index (χ2v) is 13.1. The van der Waals surface area contributed by atoms with E-state index in [9.17, 15) is 30.6 Å². The van der Waals surface area contributed by atoms with Crippen LogP contribution in [0.25, 0.3) is 55.3 Å². The van der Waals surface area contributed by atoms with Crippen molar-refractivity contribution in [1.82, 2.24) is 0 Å². The summed E-state index contributed by atoms with van der Waals surface area (Å²) in [7, 11) is 1.49. The minimum Gasteiger partial charge on any atom is -0.505 e. The maximum atomic E-state index is 11.6. The number of phenolic OH excluding ortho intramolecular Hbond substituents is 6. The van der Waals surface area contributed by atoms with E-state index in [1.807, 2.05) is 115 Å². The third kappa shape index (κ3) is 5.76. The van der Waals surface area contributed by atoms with Gasteiger partial charge in [0.15, 0.2) is 28.7 Å². The molecule has 0 aliphatic heterocycles. The quantitative estimate of drug-likeness (QED) is 0.0720. The van der Waals surface area contributed by atoms with Crippen molar-refractivity contribution in [2.75, 3.05) is 4.90 Å². The minimum absolute atomic E-state index is 0.0239. The molecule has 7 nitrogen and oxygen atoms in total. The normalized spacial score (nSPS) is 11.1. The molecule has 0 saturated carbocycles. The molecule has 0 amide bonds. The Morgan fingerprint density at radius 3 is 1.26 bits per heavy atom. The third-order valence-electron chi connectivity index (χ3n) is 9.92. The molecule has 0 bridgehead atoms. The molecule has 8 rings (SSSR count). The van der Waals surface area contributed by atoms with Crippen LogP contribution in [0.4, 0.5) is 17.1 Å². The van der Waals surface area contributed by atoms with E-state index in [1.165, 1.54) is 7.85 Å². The van der Waals surface area contributed by atoms with Crippen LogP contribution in [0.1, 0.15) is 0 Å². The van der Waals surface area contributed by atoms with Gasteiger partial charge in [-0.1, -0.05) is 127 Å². The average molecular weight is 708 g/mol. The summed E-state index contributed by atoms with van der Waals surface area (Å²) in [6.07, 6.45) is 0. The second-order valence-electron chi connectivity index (χ2n) is 13.1. The Kier molecular flexibility index (Phi) is 8.56. The van der Waals surface area contributed by atoms with Gasteiger partial charge in [0.1, 0.15) is 13.5 Å². The van der Waals surface area contributed by atoms with E-state index in [2.05, 4.69) is 42.5 Å². The highest BCUT2D eigenvalue weighted by atomic mass is 16.3. The molecule has 0 aliphatic carbocycles. The Bertz CT molecular complexity index is 2640. The van der Waals surface area contributed by atoms with Crippen LogP contribution in [0, 0.1) is 0 Å². The monoisotopic (exact) mass is 707 g/mol. The Hall–Kier alpha value is -7.32. The molecule has 8 heteroatoms. The number of anilines is 3. The fourth-order valence-corrected chi connectivity index (χ4v) is 7.13. The predicted molar refractivity (Wildman–Crippen MR) is 219 cm³/mol. The van der Waals surface area contributed by atoms with Crippen molar-refractivity contribution < 1.29 is 30.6 Å². The summed E-state index contributed by atoms with van der Waals surface area (Å²) in [6, 6.07) is 52.0. The zero-order valence-electron chi connectivity index (χ0n) is 29.1. The lowest BCUT2D eigenvalue weighted by Gasteiger charge is -2.29. The van der Waals surface area contributed by atoms with Crippen molar-refractivity contribution in [3.05, 3.63) is 158 Å². The highest BCUT2D eigenvalue weighted by molar-refractivity contribution is 6.44. The van der Waals surface area contributed by atoms with Gasteiger partial charge in [-0.2, -0.15) is 0 Å². The van der Waals surface area contributed by atoms with E-state index in [1.54, 1.807) is 4.90 Å². The maximum absolute atomic E-state index is 11.6. The van der Waals surface area contributed by atoms with Gasteiger partial charge in [0.2, 0.25) is 5.75 Å². The standard InChI is InChI=1S/C46H34BNO6/c47-39-37-38(41(49)45(53)43(39)51)42(50)46(54)44(52)40(37)48(33-21-16-28(17-22-33)27-10-4-1-5-11-27)34-23-18-29(19-24-34)32-20-25-35(30-12-6-2-7-13-30)36(26-32)31-14-8-3-9-15-31/h1-26,49-54H,47H2. The molecule has 262 valence electrons. The van der Waals surface area contributed by atoms with Crippen molar-refractivity contribution in [2.24, 2.45) is 0 Å². The highest BCUT2D eigenvalue weighted by Crippen LogP contribution is 2.57. The lowest BCUT2D eigenvalue weighted by atomic mass is 9.85. The maximum Gasteiger partial charge on any atom is 0.203 e. The van der Waals surface area contributed by atoms with E-state index >= 15 is 0 Å². The highest BCUT2D eigenvalue weighted by Gasteiger charge is 2.30. The largest absolute Gasteiger partial charge is 0.505 e. The van der Waals surface area contributed by atoms with Gasteiger partial charge in [-0.15, -0.1) is 0 Å². The number of rotatable bonds is 7. The second kappa shape index (κ2) is 13.7. The van der Waals surface area contributed by atoms with Gasteiger partial charge in [-0.25, -0.2) is 0 Å². The van der Waals surface area contributed by atoms with Gasteiger partial charge in [0, 0.05) is 16.8 Å². The van der Waals surface area contributed by atoms with Gasteiger partial charge in [-0.3, -0.25) is 0 Å². The van der Waals surface area contributed by atoms with Crippen molar-refractivity contribution in [1.29, 1.82) is 0 Å². The first-order chi connectivity index (χ1) is 26.2. The first kappa shape index (κ1) is 33.8. The van der Waals surface area contributed by atoms with Crippen LogP contribution in [0.15, 0.2) is 158 Å². The van der Waals surface area contributed by atoms with E-state index in [-0.39, 0.29) is 21.9 Å². The molecule has 0 aromatic heterocycles. The molecule has 0 unspecified atom stereocenters. The minimum atomic E-state index is -0.897. The summed E-state index contributed by atoms with van der Waals surface area (Å²) in [4.78, 5) is 1.67. The zero-order valence-corrected chi connectivity index (χ0v) is 29.1. The van der Waals surface area contributed by atoms with Gasteiger partial charge in [0.25, 0.3) is 0 Å². The Balaban J connectivity index is 1.31. The van der Waals surface area contributed by atoms with E-state index in [4.69, 9.17) is 0 Å². The number of hydrogen-bond acceptors (Lipinski definition) is 7. The third-order valence-corrected chi connectivity index (χ3v) is 9.92. The van der Waals surface area contributed by atoms with Gasteiger partial charge < -0.3 is 35.5 Å². The molecule has 8 aromatic carbocycles. The lowest BCUT2D eigenvalue weighted by molar-refractivity contribution is 0.363. The van der Waals surface area contributed by atoms with Crippen LogP contribution >= 0.6 is 0 Å². The Labute approximate surface area is 312 Å². The molecule has 0 spiro atoms. The van der Waals surface area contributed by atoms with Crippen LogP contribution in [0.2, 0.25) is 0 Å². The summed E-state index contributed by atoms with van der Waals surface area (Å²) in [5, 5.41) is 65.6. The average Bonchev–Trinajstić information content (AvgIpc) is 3.23. The van der Waals surface area contributed by atoms with E-state index in [0.717, 1.165) is 44.5 Å². The van der Waals surface area contributed by atoms with Gasteiger partial charge in [0.05, 0.1) is 5.39 Å². The summed E-state index contributed by atoms with van der Waals surface area (Å²) < 4.78 is 0. The summed E-state index contributed by atoms with van der Waals surface area (Å²) in [6.45, 7) is 0. The summed E-state index contributed by atoms with van der Waals surface area (Å²) in [5.41, 5.74) is 9.40. The predicted octanol–water partition coefficient (Wildman–Crippen LogP) is 9.47. The number of benzene rings is 8. The molecular weight excluding hydrogens is 673 g/mol. The van der Waals surface area contributed by atoms with Crippen molar-refractivity contribution in [2.45, 2.75) is 0 Å². The fraction of sp³-hybridized carbons (Fsp3) is 0. The van der Waals surface area contributed by atoms with Crippen LogP contribution in [0.3, 0.4) is 0 Å². The first-order valence-electron chi connectivity index (χ1n) is 17.4. The SMILES string of the molecule is Bc1c(O)c(O)c(O)c2c(O)c(O)c(O)c(N(c3ccc(-c4ccccc4)cc3)c3ccc(-c4ccc(-c5ccccc5)c(-c5ccccc5)c4)cc3)c12. The topological polar surface area (TPSA) is 125 Å². The number of aromatic hydroxyl groups is 6. The lowest BCUT2D eigenvalue weighted by Crippen LogP contribution is -2.15. The van der Waals surface area contributed by atoms with Crippen molar-refractivity contribution in [3.63, 3.8) is 0 Å². The molecule has 0 heterocycles. The van der Waals surface area contributed by atoms with Crippen molar-refractivity contribution >= 4 is 41.1 Å². The molecule has 6 N–H and O–H groups in total. The first-order valence-corrected chi connectivity index (χ1v) is 17.4. The molecule has 0 radical (unpaired) electrons. The van der Waals surface area contributed by atoms with Crippen LogP contribution < -0.4 is 10.4 Å². The zero-order chi connectivity index (χ0) is 37.5. The van der Waals surface area contributed by atoms with Crippen molar-refractivity contribution in [3.8, 4) is 79.0 Å². The number of nitrogens with zero attached hydrogens (tertiary/aromatic N) is 1.